The molecule has 2 bridgehead atoms. The van der Waals surface area contributed by atoms with Gasteiger partial charge < -0.3 is 14.5 Å². The van der Waals surface area contributed by atoms with Gasteiger partial charge in [0.2, 0.25) is 5.91 Å². The number of hydrogen-bond acceptors (Lipinski definition) is 4. The fraction of sp³-hybridized carbons (Fsp3) is 0.333. The average Bonchev–Trinajstić information content (AvgIpc) is 3.60. The van der Waals surface area contributed by atoms with E-state index in [0.29, 0.717) is 17.0 Å². The van der Waals surface area contributed by atoms with Gasteiger partial charge in [-0.1, -0.05) is 30.7 Å². The third-order valence-corrected chi connectivity index (χ3v) is 8.07. The first kappa shape index (κ1) is 26.2. The number of rotatable bonds is 8. The van der Waals surface area contributed by atoms with Crippen molar-refractivity contribution >= 4 is 29.3 Å². The Labute approximate surface area is 235 Å². The standard InChI is InChI=1S/C33H34F2N2O3/c1-36(2)28-11-9-23(10-12-28)24-7-8-26(31(35)18-24)20-37(33(39)30-17-21-4-6-25(30)14-21)29-16-22(15-27(34)19-29)5-13-32(38)40-3/h5,7-13,15-16,18-19,21,25,30H,4,6,14,17,20H2,1-3H3/b13-5+/t21-,25+,30?/m0/s1/i20D/t20?,21-,25+,30?. The van der Waals surface area contributed by atoms with E-state index >= 15 is 4.39 Å². The predicted molar refractivity (Wildman–Crippen MR) is 154 cm³/mol. The summed E-state index contributed by atoms with van der Waals surface area (Å²) in [5, 5.41) is 0. The Balaban J connectivity index is 1.51. The molecule has 3 aromatic carbocycles. The molecule has 0 saturated heterocycles. The molecule has 2 aliphatic rings. The quantitative estimate of drug-likeness (QED) is 0.229. The van der Waals surface area contributed by atoms with Gasteiger partial charge in [0.05, 0.1) is 15.0 Å². The van der Waals surface area contributed by atoms with Gasteiger partial charge >= 0.3 is 5.97 Å². The normalized spacial score (nSPS) is 20.8. The fourth-order valence-electron chi connectivity index (χ4n) is 5.96. The topological polar surface area (TPSA) is 49.9 Å². The lowest BCUT2D eigenvalue weighted by atomic mass is 9.87. The van der Waals surface area contributed by atoms with Crippen molar-refractivity contribution in [2.75, 3.05) is 31.0 Å². The zero-order chi connectivity index (χ0) is 29.3. The summed E-state index contributed by atoms with van der Waals surface area (Å²) in [5.41, 5.74) is 2.97. The molecule has 0 aliphatic heterocycles. The van der Waals surface area contributed by atoms with Crippen molar-refractivity contribution in [1.82, 2.24) is 0 Å². The van der Waals surface area contributed by atoms with Gasteiger partial charge in [-0.25, -0.2) is 13.6 Å². The van der Waals surface area contributed by atoms with Gasteiger partial charge in [0, 0.05) is 43.0 Å². The van der Waals surface area contributed by atoms with Crippen molar-refractivity contribution in [2.24, 2.45) is 17.8 Å². The third kappa shape index (κ3) is 5.93. The first-order valence-electron chi connectivity index (χ1n) is 14.1. The Morgan fingerprint density at radius 2 is 1.73 bits per heavy atom. The van der Waals surface area contributed by atoms with E-state index in [1.165, 1.54) is 48.4 Å². The van der Waals surface area contributed by atoms with Crippen molar-refractivity contribution in [3.63, 3.8) is 0 Å². The van der Waals surface area contributed by atoms with E-state index in [-0.39, 0.29) is 29.0 Å². The van der Waals surface area contributed by atoms with Crippen LogP contribution in [0.1, 0.15) is 38.2 Å². The highest BCUT2D eigenvalue weighted by molar-refractivity contribution is 5.96. The molecule has 208 valence electrons. The number of anilines is 2. The highest BCUT2D eigenvalue weighted by Gasteiger charge is 2.44. The largest absolute Gasteiger partial charge is 0.466 e. The lowest BCUT2D eigenvalue weighted by Gasteiger charge is -2.30. The number of benzene rings is 3. The molecule has 3 aromatic rings. The second-order valence-corrected chi connectivity index (χ2v) is 10.9. The lowest BCUT2D eigenvalue weighted by molar-refractivity contribution is -0.134. The highest BCUT2D eigenvalue weighted by atomic mass is 19.1. The number of halogens is 2. The summed E-state index contributed by atoms with van der Waals surface area (Å²) in [6, 6.07) is 16.3. The first-order valence-corrected chi connectivity index (χ1v) is 13.5. The van der Waals surface area contributed by atoms with E-state index in [0.717, 1.165) is 43.0 Å². The van der Waals surface area contributed by atoms with Crippen molar-refractivity contribution in [2.45, 2.75) is 32.2 Å². The van der Waals surface area contributed by atoms with Crippen LogP contribution in [0.4, 0.5) is 20.2 Å². The van der Waals surface area contributed by atoms with Crippen LogP contribution in [-0.2, 0) is 20.8 Å². The maximum atomic E-state index is 15.7. The van der Waals surface area contributed by atoms with Gasteiger partial charge in [-0.15, -0.1) is 0 Å². The Hall–Kier alpha value is -4.00. The summed E-state index contributed by atoms with van der Waals surface area (Å²) < 4.78 is 44.2. The number of carbonyl (C=O) groups is 2. The molecule has 2 aliphatic carbocycles. The number of carbonyl (C=O) groups excluding carboxylic acids is 2. The number of fused-ring (bicyclic) bond motifs is 2. The molecular formula is C33H34F2N2O3. The van der Waals surface area contributed by atoms with Crippen molar-refractivity contribution < 1.29 is 24.5 Å². The van der Waals surface area contributed by atoms with E-state index in [1.807, 2.05) is 43.3 Å². The molecule has 5 nitrogen and oxygen atoms in total. The smallest absolute Gasteiger partial charge is 0.330 e. The van der Waals surface area contributed by atoms with Gasteiger partial charge in [-0.2, -0.15) is 0 Å². The van der Waals surface area contributed by atoms with Crippen LogP contribution in [0.3, 0.4) is 0 Å². The van der Waals surface area contributed by atoms with Crippen LogP contribution in [0.15, 0.2) is 66.7 Å². The number of esters is 1. The van der Waals surface area contributed by atoms with Gasteiger partial charge in [0.1, 0.15) is 11.6 Å². The molecule has 5 rings (SSSR count). The van der Waals surface area contributed by atoms with Crippen LogP contribution in [0.25, 0.3) is 17.2 Å². The summed E-state index contributed by atoms with van der Waals surface area (Å²) in [4.78, 5) is 28.8. The molecule has 0 radical (unpaired) electrons. The SMILES string of the molecule is [2H]C(c1ccc(-c2ccc(N(C)C)cc2)cc1F)N(C(=O)C1C[C@H]2CC[C@@H]1C2)c1cc(F)cc(/C=C/C(=O)OC)c1. The van der Waals surface area contributed by atoms with Gasteiger partial charge in [-0.05, 0) is 90.3 Å². The van der Waals surface area contributed by atoms with Crippen LogP contribution < -0.4 is 9.80 Å². The predicted octanol–water partition coefficient (Wildman–Crippen LogP) is 6.85. The van der Waals surface area contributed by atoms with Gasteiger partial charge in [-0.3, -0.25) is 4.79 Å². The molecule has 2 unspecified atom stereocenters. The fourth-order valence-corrected chi connectivity index (χ4v) is 5.96. The second-order valence-electron chi connectivity index (χ2n) is 10.9. The van der Waals surface area contributed by atoms with Gasteiger partial charge in [0.25, 0.3) is 0 Å². The number of hydrogen-bond donors (Lipinski definition) is 0. The maximum absolute atomic E-state index is 15.7. The summed E-state index contributed by atoms with van der Waals surface area (Å²) in [5.74, 6) is -1.77. The summed E-state index contributed by atoms with van der Waals surface area (Å²) in [6.07, 6.45) is 6.27. The second kappa shape index (κ2) is 11.6. The lowest BCUT2D eigenvalue weighted by Crippen LogP contribution is -2.38. The third-order valence-electron chi connectivity index (χ3n) is 8.07. The van der Waals surface area contributed by atoms with Crippen LogP contribution in [0, 0.1) is 29.4 Å². The molecule has 0 N–H and O–H groups in total. The molecule has 4 atom stereocenters. The van der Waals surface area contributed by atoms with Crippen LogP contribution >= 0.6 is 0 Å². The maximum Gasteiger partial charge on any atom is 0.330 e. The highest BCUT2D eigenvalue weighted by Crippen LogP contribution is 2.49. The van der Waals surface area contributed by atoms with Gasteiger partial charge in [0.15, 0.2) is 0 Å². The minimum absolute atomic E-state index is 0.0195. The Morgan fingerprint density at radius 3 is 2.35 bits per heavy atom. The summed E-state index contributed by atoms with van der Waals surface area (Å²) >= 11 is 0. The molecule has 40 heavy (non-hydrogen) atoms. The minimum atomic E-state index is -1.44. The Morgan fingerprint density at radius 1 is 0.975 bits per heavy atom. The molecule has 2 saturated carbocycles. The zero-order valence-corrected chi connectivity index (χ0v) is 22.9. The Kier molecular flexibility index (Phi) is 7.62. The van der Waals surface area contributed by atoms with Crippen molar-refractivity contribution in [3.8, 4) is 11.1 Å². The molecule has 0 heterocycles. The molecular weight excluding hydrogens is 510 g/mol. The zero-order valence-electron chi connectivity index (χ0n) is 23.9. The van der Waals surface area contributed by atoms with E-state index in [1.54, 1.807) is 6.07 Å². The number of ether oxygens (including phenoxy) is 1. The monoisotopic (exact) mass is 545 g/mol. The molecule has 7 heteroatoms. The van der Waals surface area contributed by atoms with Crippen LogP contribution in [0.2, 0.25) is 0 Å². The minimum Gasteiger partial charge on any atom is -0.466 e. The molecule has 0 spiro atoms. The first-order chi connectivity index (χ1) is 19.6. The van der Waals surface area contributed by atoms with E-state index in [2.05, 4.69) is 4.74 Å². The summed E-state index contributed by atoms with van der Waals surface area (Å²) in [6.45, 7) is -1.44. The molecule has 0 aromatic heterocycles. The molecule has 1 amide bonds. The number of methoxy groups -OCH3 is 1. The van der Waals surface area contributed by atoms with Crippen LogP contribution in [-0.4, -0.2) is 33.1 Å². The molecule has 2 fully saturated rings. The van der Waals surface area contributed by atoms with Crippen molar-refractivity contribution in [3.05, 3.63) is 89.5 Å². The van der Waals surface area contributed by atoms with E-state index in [4.69, 9.17) is 1.37 Å². The van der Waals surface area contributed by atoms with E-state index < -0.39 is 24.1 Å². The number of nitrogens with zero attached hydrogens (tertiary/aromatic N) is 2. The summed E-state index contributed by atoms with van der Waals surface area (Å²) in [7, 11) is 5.12. The van der Waals surface area contributed by atoms with Crippen LogP contribution in [0.5, 0.6) is 0 Å². The Bertz CT molecular complexity index is 1470. The average molecular weight is 546 g/mol. The van der Waals surface area contributed by atoms with E-state index in [9.17, 15) is 14.0 Å². The van der Waals surface area contributed by atoms with Crippen molar-refractivity contribution in [1.29, 1.82) is 0 Å². The number of amides is 1.